The van der Waals surface area contributed by atoms with Crippen molar-refractivity contribution in [2.45, 2.75) is 122 Å². The summed E-state index contributed by atoms with van der Waals surface area (Å²) in [4.78, 5) is 35.4. The van der Waals surface area contributed by atoms with E-state index in [1.165, 1.54) is 0 Å². The Bertz CT molecular complexity index is 1540. The number of likely N-dealkylation sites (N-methyl/N-ethyl adjacent to an activating group) is 1. The molecule has 0 heterocycles. The van der Waals surface area contributed by atoms with Crippen LogP contribution >= 0.6 is 7.82 Å². The Labute approximate surface area is 374 Å². The number of hydrogen-bond acceptors (Lipinski definition) is 9. The van der Waals surface area contributed by atoms with Gasteiger partial charge < -0.3 is 29.1 Å². The van der Waals surface area contributed by atoms with Crippen LogP contribution in [-0.4, -0.2) is 97.3 Å². The molecule has 62 heavy (non-hydrogen) atoms. The average molecular weight is 885 g/mol. The first-order chi connectivity index (χ1) is 29.8. The van der Waals surface area contributed by atoms with E-state index in [1.807, 2.05) is 75.8 Å². The fraction of sp³-hybridized carbons (Fsp3) is 0.520. The quantitative estimate of drug-likeness (QED) is 0.0137. The summed E-state index contributed by atoms with van der Waals surface area (Å²) in [6.07, 6.45) is 50.2. The summed E-state index contributed by atoms with van der Waals surface area (Å²) in [6, 6.07) is 0. The Morgan fingerprint density at radius 1 is 0.597 bits per heavy atom. The van der Waals surface area contributed by atoms with E-state index in [-0.39, 0.29) is 26.1 Å². The molecule has 1 unspecified atom stereocenters. The standard InChI is InChI=1S/C50H78NO10P/c1-6-8-10-11-12-13-14-15-16-17-18-19-20-21-25-28-34-41-50(55)61-48(45-60-62(56,57)59-43-42-51(3,4)5)44-58-49(54)40-35-29-33-39-47(53)38-32-27-24-22-23-26-31-37-46(52)36-30-9-7-2/h8-10,12-13,15-16,18-19,21,23-27,30-33,37-39,46-48,52-53H,6-7,11,14,17,20,22,28-29,34-36,40-45H2,1-5H3/p+1/b10-8-,13-12-,16-15-,19-18-,25-21-,26-23-,27-24-,30-9-,37-31+,38-32+,39-33-/t46-,47-,48-/m1/s1. The van der Waals surface area contributed by atoms with Crippen LogP contribution in [0.5, 0.6) is 0 Å². The number of esters is 2. The summed E-state index contributed by atoms with van der Waals surface area (Å²) in [7, 11) is 1.30. The molecule has 0 aromatic heterocycles. The van der Waals surface area contributed by atoms with E-state index >= 15 is 0 Å². The van der Waals surface area contributed by atoms with Crippen LogP contribution in [0.3, 0.4) is 0 Å². The molecule has 0 aromatic rings. The average Bonchev–Trinajstić information content (AvgIpc) is 3.21. The van der Waals surface area contributed by atoms with Gasteiger partial charge >= 0.3 is 19.8 Å². The lowest BCUT2D eigenvalue weighted by atomic mass is 10.2. The van der Waals surface area contributed by atoms with E-state index in [1.54, 1.807) is 30.4 Å². The van der Waals surface area contributed by atoms with Gasteiger partial charge in [-0.2, -0.15) is 0 Å². The number of ether oxygens (including phenoxy) is 2. The zero-order chi connectivity index (χ0) is 46.0. The van der Waals surface area contributed by atoms with Crippen LogP contribution in [0, 0.1) is 0 Å². The van der Waals surface area contributed by atoms with E-state index < -0.39 is 44.7 Å². The van der Waals surface area contributed by atoms with Crippen molar-refractivity contribution in [2.75, 3.05) is 47.5 Å². The van der Waals surface area contributed by atoms with E-state index in [9.17, 15) is 29.3 Å². The van der Waals surface area contributed by atoms with Gasteiger partial charge in [0.15, 0.2) is 6.10 Å². The number of quaternary nitrogens is 1. The Balaban J connectivity index is 4.72. The van der Waals surface area contributed by atoms with Gasteiger partial charge in [0.2, 0.25) is 0 Å². The molecule has 11 nitrogen and oxygen atoms in total. The fourth-order valence-corrected chi connectivity index (χ4v) is 5.65. The lowest BCUT2D eigenvalue weighted by Gasteiger charge is -2.24. The van der Waals surface area contributed by atoms with E-state index in [4.69, 9.17) is 18.5 Å². The molecule has 0 radical (unpaired) electrons. The summed E-state index contributed by atoms with van der Waals surface area (Å²) in [5, 5.41) is 20.0. The number of unbranched alkanes of at least 4 members (excludes halogenated alkanes) is 2. The van der Waals surface area contributed by atoms with Gasteiger partial charge in [0.05, 0.1) is 40.0 Å². The number of allylic oxidation sites excluding steroid dienone is 18. The van der Waals surface area contributed by atoms with Crippen LogP contribution in [0.25, 0.3) is 0 Å². The monoisotopic (exact) mass is 885 g/mol. The van der Waals surface area contributed by atoms with Gasteiger partial charge in [-0.1, -0.05) is 148 Å². The summed E-state index contributed by atoms with van der Waals surface area (Å²) in [5.74, 6) is -1.07. The predicted octanol–water partition coefficient (Wildman–Crippen LogP) is 10.6. The van der Waals surface area contributed by atoms with Crippen molar-refractivity contribution in [3.05, 3.63) is 134 Å². The highest BCUT2D eigenvalue weighted by Crippen LogP contribution is 2.43. The van der Waals surface area contributed by atoms with Gasteiger partial charge in [-0.15, -0.1) is 0 Å². The molecule has 0 aliphatic carbocycles. The van der Waals surface area contributed by atoms with Crippen LogP contribution in [-0.2, 0) is 32.7 Å². The molecular weight excluding hydrogens is 806 g/mol. The minimum Gasteiger partial charge on any atom is -0.462 e. The molecule has 0 rings (SSSR count). The second-order valence-corrected chi connectivity index (χ2v) is 16.8. The largest absolute Gasteiger partial charge is 0.472 e. The Morgan fingerprint density at radius 3 is 1.71 bits per heavy atom. The van der Waals surface area contributed by atoms with Gasteiger partial charge in [-0.3, -0.25) is 18.6 Å². The first kappa shape index (κ1) is 58.1. The number of carbonyl (C=O) groups is 2. The maximum atomic E-state index is 12.7. The number of aliphatic hydroxyl groups is 2. The molecule has 4 atom stereocenters. The van der Waals surface area contributed by atoms with Crippen molar-refractivity contribution in [3.8, 4) is 0 Å². The number of hydrogen-bond donors (Lipinski definition) is 3. The van der Waals surface area contributed by atoms with Crippen molar-refractivity contribution >= 4 is 19.8 Å². The molecule has 0 saturated heterocycles. The van der Waals surface area contributed by atoms with E-state index in [0.29, 0.717) is 49.6 Å². The molecule has 0 aliphatic heterocycles. The zero-order valence-electron chi connectivity index (χ0n) is 38.3. The topological polar surface area (TPSA) is 149 Å². The second-order valence-electron chi connectivity index (χ2n) is 15.4. The van der Waals surface area contributed by atoms with E-state index in [0.717, 1.165) is 38.5 Å². The van der Waals surface area contributed by atoms with Crippen molar-refractivity contribution in [3.63, 3.8) is 0 Å². The summed E-state index contributed by atoms with van der Waals surface area (Å²) in [6.45, 7) is 3.78. The lowest BCUT2D eigenvalue weighted by molar-refractivity contribution is -0.870. The number of aliphatic hydroxyl groups excluding tert-OH is 2. The third-order valence-electron chi connectivity index (χ3n) is 8.35. The maximum absolute atomic E-state index is 12.7. The van der Waals surface area contributed by atoms with Crippen molar-refractivity contribution in [1.29, 1.82) is 0 Å². The first-order valence-corrected chi connectivity index (χ1v) is 23.6. The number of carbonyl (C=O) groups excluding carboxylic acids is 2. The smallest absolute Gasteiger partial charge is 0.462 e. The third kappa shape index (κ3) is 42.7. The number of nitrogens with zero attached hydrogens (tertiary/aromatic N) is 1. The highest BCUT2D eigenvalue weighted by Gasteiger charge is 2.27. The molecule has 12 heteroatoms. The molecule has 348 valence electrons. The SMILES string of the molecule is CC/C=C\C/C=C\C/C=C\C/C=C\C/C=C\CCCC(=O)O[C@H](COC(=O)CCC/C=C\[C@H](O)/C=C/C=C\C/C=C\C=C\[C@H](O)C/C=C\CC)COP(=O)(O)OCC[N+](C)(C)C. The summed E-state index contributed by atoms with van der Waals surface area (Å²) in [5.41, 5.74) is 0. The van der Waals surface area contributed by atoms with Crippen LogP contribution in [0.15, 0.2) is 134 Å². The Kier molecular flexibility index (Phi) is 37.4. The van der Waals surface area contributed by atoms with Gasteiger partial charge in [-0.25, -0.2) is 4.57 Å². The normalized spacial score (nSPS) is 15.8. The van der Waals surface area contributed by atoms with Crippen LogP contribution in [0.2, 0.25) is 0 Å². The zero-order valence-corrected chi connectivity index (χ0v) is 39.1. The van der Waals surface area contributed by atoms with Gasteiger partial charge in [0, 0.05) is 12.8 Å². The molecular formula is C50H79NO10P+. The minimum atomic E-state index is -4.45. The molecule has 0 aromatic carbocycles. The molecule has 0 spiro atoms. The summed E-state index contributed by atoms with van der Waals surface area (Å²) >= 11 is 0. The first-order valence-electron chi connectivity index (χ1n) is 22.1. The third-order valence-corrected chi connectivity index (χ3v) is 9.34. The van der Waals surface area contributed by atoms with Crippen LogP contribution < -0.4 is 0 Å². The van der Waals surface area contributed by atoms with Crippen LogP contribution in [0.4, 0.5) is 0 Å². The molecule has 0 fully saturated rings. The molecule has 0 saturated carbocycles. The predicted molar refractivity (Wildman–Crippen MR) is 254 cm³/mol. The number of phosphoric acid groups is 1. The summed E-state index contributed by atoms with van der Waals surface area (Å²) < 4.78 is 34.1. The molecule has 0 amide bonds. The van der Waals surface area contributed by atoms with Gasteiger partial charge in [0.1, 0.15) is 19.8 Å². The molecule has 0 bridgehead atoms. The fourth-order valence-electron chi connectivity index (χ4n) is 4.90. The Morgan fingerprint density at radius 2 is 1.11 bits per heavy atom. The lowest BCUT2D eigenvalue weighted by Crippen LogP contribution is -2.37. The van der Waals surface area contributed by atoms with Crippen molar-refractivity contribution in [2.24, 2.45) is 0 Å². The second kappa shape index (κ2) is 39.9. The van der Waals surface area contributed by atoms with E-state index in [2.05, 4.69) is 62.5 Å². The highest BCUT2D eigenvalue weighted by atomic mass is 31.2. The maximum Gasteiger partial charge on any atom is 0.472 e. The highest BCUT2D eigenvalue weighted by molar-refractivity contribution is 7.47. The van der Waals surface area contributed by atoms with Crippen molar-refractivity contribution < 1.29 is 52.3 Å². The number of phosphoric ester groups is 1. The van der Waals surface area contributed by atoms with Crippen LogP contribution in [0.1, 0.15) is 104 Å². The van der Waals surface area contributed by atoms with Gasteiger partial charge in [0.25, 0.3) is 0 Å². The van der Waals surface area contributed by atoms with Crippen molar-refractivity contribution in [1.82, 2.24) is 0 Å². The van der Waals surface area contributed by atoms with Gasteiger partial charge in [-0.05, 0) is 77.0 Å². The number of rotatable bonds is 37. The molecule has 3 N–H and O–H groups in total. The minimum absolute atomic E-state index is 0.0209. The Hall–Kier alpha value is -3.93. The molecule has 0 aliphatic rings.